The Morgan fingerprint density at radius 1 is 1.39 bits per heavy atom. The molecule has 1 rings (SSSR count). The molecule has 1 aromatic carbocycles. The van der Waals surface area contributed by atoms with Gasteiger partial charge in [0.1, 0.15) is 0 Å². The van der Waals surface area contributed by atoms with Crippen LogP contribution >= 0.6 is 23.2 Å². The largest absolute Gasteiger partial charge is 0.399 e. The number of nitrogens with zero attached hydrogens (tertiary/aromatic N) is 1. The minimum Gasteiger partial charge on any atom is -0.399 e. The first-order chi connectivity index (χ1) is 8.49. The second kappa shape index (κ2) is 6.71. The van der Waals surface area contributed by atoms with Crippen molar-refractivity contribution < 1.29 is 4.79 Å². The van der Waals surface area contributed by atoms with Gasteiger partial charge in [-0.15, -0.1) is 0 Å². The maximum atomic E-state index is 11.5. The van der Waals surface area contributed by atoms with Crippen molar-refractivity contribution in [3.63, 3.8) is 0 Å². The molecule has 0 saturated carbocycles. The second-order valence-electron chi connectivity index (χ2n) is 3.93. The third-order valence-corrected chi connectivity index (χ3v) is 3.04. The summed E-state index contributed by atoms with van der Waals surface area (Å²) in [5.41, 5.74) is 6.82. The summed E-state index contributed by atoms with van der Waals surface area (Å²) >= 11 is 12.3. The summed E-state index contributed by atoms with van der Waals surface area (Å²) in [5, 5.41) is 3.49. The highest BCUT2D eigenvalue weighted by Gasteiger charge is 2.17. The van der Waals surface area contributed by atoms with Gasteiger partial charge in [-0.3, -0.25) is 4.79 Å². The fourth-order valence-electron chi connectivity index (χ4n) is 1.68. The molecule has 0 fully saturated rings. The lowest BCUT2D eigenvalue weighted by Crippen LogP contribution is -2.36. The SMILES string of the molecule is CCCN(CC(=O)NC)c1c(Cl)cc(N)cc1Cl. The van der Waals surface area contributed by atoms with Gasteiger partial charge in [-0.05, 0) is 18.6 Å². The number of benzene rings is 1. The Hall–Kier alpha value is -1.13. The van der Waals surface area contributed by atoms with E-state index in [0.29, 0.717) is 28.0 Å². The van der Waals surface area contributed by atoms with E-state index in [-0.39, 0.29) is 12.5 Å². The van der Waals surface area contributed by atoms with E-state index in [1.807, 2.05) is 11.8 Å². The standard InChI is InChI=1S/C12H17Cl2N3O/c1-3-4-17(7-11(18)16-2)12-9(13)5-8(15)6-10(12)14/h5-6H,3-4,7,15H2,1-2H3,(H,16,18). The third kappa shape index (κ3) is 3.68. The normalized spacial score (nSPS) is 10.2. The first-order valence-electron chi connectivity index (χ1n) is 5.69. The minimum absolute atomic E-state index is 0.0904. The molecular formula is C12H17Cl2N3O. The fraction of sp³-hybridized carbons (Fsp3) is 0.417. The molecule has 1 aromatic rings. The predicted octanol–water partition coefficient (Wildman–Crippen LogP) is 2.54. The van der Waals surface area contributed by atoms with Crippen LogP contribution in [-0.4, -0.2) is 26.0 Å². The minimum atomic E-state index is -0.0904. The van der Waals surface area contributed by atoms with E-state index >= 15 is 0 Å². The molecule has 18 heavy (non-hydrogen) atoms. The first-order valence-corrected chi connectivity index (χ1v) is 6.45. The van der Waals surface area contributed by atoms with Crippen LogP contribution in [0.25, 0.3) is 0 Å². The van der Waals surface area contributed by atoms with Gasteiger partial charge in [-0.2, -0.15) is 0 Å². The van der Waals surface area contributed by atoms with Crippen molar-refractivity contribution in [3.05, 3.63) is 22.2 Å². The molecule has 0 heterocycles. The van der Waals surface area contributed by atoms with Gasteiger partial charge in [-0.25, -0.2) is 0 Å². The van der Waals surface area contributed by atoms with Crippen LogP contribution in [0.1, 0.15) is 13.3 Å². The number of nitrogen functional groups attached to an aromatic ring is 1. The Bertz CT molecular complexity index is 414. The molecule has 0 aliphatic heterocycles. The van der Waals surface area contributed by atoms with Crippen molar-refractivity contribution in [2.24, 2.45) is 0 Å². The zero-order chi connectivity index (χ0) is 13.7. The number of carbonyl (C=O) groups is 1. The number of nitrogens with one attached hydrogen (secondary N) is 1. The summed E-state index contributed by atoms with van der Waals surface area (Å²) in [5.74, 6) is -0.0904. The lowest BCUT2D eigenvalue weighted by atomic mass is 10.2. The van der Waals surface area contributed by atoms with Crippen LogP contribution in [0.4, 0.5) is 11.4 Å². The molecule has 0 bridgehead atoms. The van der Waals surface area contributed by atoms with Crippen molar-refractivity contribution >= 4 is 40.5 Å². The Morgan fingerprint density at radius 2 is 1.94 bits per heavy atom. The van der Waals surface area contributed by atoms with Crippen LogP contribution in [-0.2, 0) is 4.79 Å². The Morgan fingerprint density at radius 3 is 2.39 bits per heavy atom. The van der Waals surface area contributed by atoms with E-state index in [0.717, 1.165) is 6.42 Å². The number of nitrogens with two attached hydrogens (primary N) is 1. The zero-order valence-electron chi connectivity index (χ0n) is 10.5. The fourth-order valence-corrected chi connectivity index (χ4v) is 2.42. The van der Waals surface area contributed by atoms with E-state index < -0.39 is 0 Å². The maximum Gasteiger partial charge on any atom is 0.239 e. The van der Waals surface area contributed by atoms with Crippen molar-refractivity contribution in [1.29, 1.82) is 0 Å². The molecule has 4 nitrogen and oxygen atoms in total. The topological polar surface area (TPSA) is 58.4 Å². The summed E-state index contributed by atoms with van der Waals surface area (Å²) in [6.07, 6.45) is 0.883. The van der Waals surface area contributed by atoms with E-state index in [1.54, 1.807) is 19.2 Å². The molecular weight excluding hydrogens is 273 g/mol. The molecule has 6 heteroatoms. The van der Waals surface area contributed by atoms with Crippen LogP contribution < -0.4 is 16.0 Å². The highest BCUT2D eigenvalue weighted by atomic mass is 35.5. The molecule has 0 saturated heterocycles. The van der Waals surface area contributed by atoms with Crippen molar-refractivity contribution in [2.45, 2.75) is 13.3 Å². The lowest BCUT2D eigenvalue weighted by Gasteiger charge is -2.25. The van der Waals surface area contributed by atoms with E-state index in [1.165, 1.54) is 0 Å². The van der Waals surface area contributed by atoms with Gasteiger partial charge in [0, 0.05) is 19.3 Å². The van der Waals surface area contributed by atoms with Gasteiger partial charge in [-0.1, -0.05) is 30.1 Å². The maximum absolute atomic E-state index is 11.5. The average Bonchev–Trinajstić information content (AvgIpc) is 2.27. The number of likely N-dealkylation sites (N-methyl/N-ethyl adjacent to an activating group) is 1. The average molecular weight is 290 g/mol. The predicted molar refractivity (Wildman–Crippen MR) is 77.4 cm³/mol. The summed E-state index contributed by atoms with van der Waals surface area (Å²) in [6.45, 7) is 2.93. The van der Waals surface area contributed by atoms with Gasteiger partial charge in [0.25, 0.3) is 0 Å². The summed E-state index contributed by atoms with van der Waals surface area (Å²) in [4.78, 5) is 13.3. The molecule has 0 aliphatic carbocycles. The highest BCUT2D eigenvalue weighted by molar-refractivity contribution is 6.39. The molecule has 0 unspecified atom stereocenters. The van der Waals surface area contributed by atoms with Crippen molar-refractivity contribution in [1.82, 2.24) is 5.32 Å². The second-order valence-corrected chi connectivity index (χ2v) is 4.74. The summed E-state index contributed by atoms with van der Waals surface area (Å²) in [6, 6.07) is 3.27. The van der Waals surface area contributed by atoms with Gasteiger partial charge >= 0.3 is 0 Å². The molecule has 1 amide bonds. The lowest BCUT2D eigenvalue weighted by molar-refractivity contribution is -0.119. The number of hydrogen-bond donors (Lipinski definition) is 2. The number of rotatable bonds is 5. The highest BCUT2D eigenvalue weighted by Crippen LogP contribution is 2.35. The molecule has 0 radical (unpaired) electrons. The molecule has 0 atom stereocenters. The molecule has 100 valence electrons. The van der Waals surface area contributed by atoms with Crippen LogP contribution in [0.5, 0.6) is 0 Å². The molecule has 0 aromatic heterocycles. The van der Waals surface area contributed by atoms with Crippen LogP contribution in [0, 0.1) is 0 Å². The van der Waals surface area contributed by atoms with Crippen LogP contribution in [0.2, 0.25) is 10.0 Å². The number of hydrogen-bond acceptors (Lipinski definition) is 3. The van der Waals surface area contributed by atoms with Gasteiger partial charge in [0.2, 0.25) is 5.91 Å². The molecule has 0 aliphatic rings. The number of carbonyl (C=O) groups excluding carboxylic acids is 1. The Balaban J connectivity index is 3.09. The van der Waals surface area contributed by atoms with Gasteiger partial charge < -0.3 is 16.0 Å². The Kier molecular flexibility index (Phi) is 5.56. The van der Waals surface area contributed by atoms with Gasteiger partial charge in [0.05, 0.1) is 22.3 Å². The van der Waals surface area contributed by atoms with Crippen LogP contribution in [0.3, 0.4) is 0 Å². The monoisotopic (exact) mass is 289 g/mol. The van der Waals surface area contributed by atoms with Gasteiger partial charge in [0.15, 0.2) is 0 Å². The summed E-state index contributed by atoms with van der Waals surface area (Å²) in [7, 11) is 1.60. The molecule has 0 spiro atoms. The zero-order valence-corrected chi connectivity index (χ0v) is 12.0. The van der Waals surface area contributed by atoms with Crippen molar-refractivity contribution in [3.8, 4) is 0 Å². The number of halogens is 2. The van der Waals surface area contributed by atoms with E-state index in [2.05, 4.69) is 5.32 Å². The summed E-state index contributed by atoms with van der Waals surface area (Å²) < 4.78 is 0. The molecule has 3 N–H and O–H groups in total. The van der Waals surface area contributed by atoms with E-state index in [9.17, 15) is 4.79 Å². The Labute approximate surface area is 117 Å². The number of amides is 1. The van der Waals surface area contributed by atoms with Crippen molar-refractivity contribution in [2.75, 3.05) is 30.8 Å². The third-order valence-electron chi connectivity index (χ3n) is 2.46. The smallest absolute Gasteiger partial charge is 0.239 e. The van der Waals surface area contributed by atoms with Crippen LogP contribution in [0.15, 0.2) is 12.1 Å². The number of anilines is 2. The quantitative estimate of drug-likeness (QED) is 0.819. The van der Waals surface area contributed by atoms with E-state index in [4.69, 9.17) is 28.9 Å². The first kappa shape index (κ1) is 14.9.